The molecule has 2 aromatic rings. The van der Waals surface area contributed by atoms with Crippen LogP contribution in [-0.4, -0.2) is 35.0 Å². The summed E-state index contributed by atoms with van der Waals surface area (Å²) in [5, 5.41) is 10.7. The standard InChI is InChI=1S/C19H17ClF4N6O2/c1-18(27-17(31)30(29-18)12-4-2-11(21)3-5-12)15-7-13(32-28-15)9-26-16-14(20)6-10(8-25-16)19(22,23)24/h2-6,8,13,29H,7,9H2,1H3,(H,25,26)(H,27,31)/t13-,18+/m0/s1. The van der Waals surface area contributed by atoms with Crippen LogP contribution in [-0.2, 0) is 11.0 Å². The van der Waals surface area contributed by atoms with Gasteiger partial charge in [-0.3, -0.25) is 0 Å². The summed E-state index contributed by atoms with van der Waals surface area (Å²) in [4.78, 5) is 21.5. The van der Waals surface area contributed by atoms with Gasteiger partial charge in [-0.25, -0.2) is 19.2 Å². The molecule has 3 heterocycles. The highest BCUT2D eigenvalue weighted by Crippen LogP contribution is 2.32. The number of anilines is 2. The SMILES string of the molecule is C[C@@]1(C2=NO[C@H](CNc3ncc(C(F)(F)F)cc3Cl)C2)NC(=O)N(c2ccc(F)cc2)N1. The van der Waals surface area contributed by atoms with Gasteiger partial charge < -0.3 is 15.5 Å². The minimum atomic E-state index is -4.54. The van der Waals surface area contributed by atoms with Crippen LogP contribution in [0.15, 0.2) is 41.7 Å². The van der Waals surface area contributed by atoms with Gasteiger partial charge >= 0.3 is 12.2 Å². The molecule has 2 amide bonds. The number of aromatic nitrogens is 1. The van der Waals surface area contributed by atoms with Crippen LogP contribution in [0, 0.1) is 5.82 Å². The van der Waals surface area contributed by atoms with Crippen LogP contribution in [0.2, 0.25) is 5.02 Å². The molecule has 13 heteroatoms. The lowest BCUT2D eigenvalue weighted by Gasteiger charge is -2.24. The second kappa shape index (κ2) is 8.10. The summed E-state index contributed by atoms with van der Waals surface area (Å²) >= 11 is 5.89. The molecule has 2 aliphatic rings. The number of alkyl halides is 3. The number of hydrazine groups is 1. The Labute approximate surface area is 184 Å². The second-order valence-electron chi connectivity index (χ2n) is 7.38. The van der Waals surface area contributed by atoms with E-state index in [4.69, 9.17) is 16.4 Å². The molecule has 0 radical (unpaired) electrons. The monoisotopic (exact) mass is 472 g/mol. The van der Waals surface area contributed by atoms with E-state index in [9.17, 15) is 22.4 Å². The van der Waals surface area contributed by atoms with E-state index in [1.165, 1.54) is 29.3 Å². The average Bonchev–Trinajstić information content (AvgIpc) is 3.32. The third kappa shape index (κ3) is 4.41. The van der Waals surface area contributed by atoms with E-state index in [0.717, 1.165) is 6.07 Å². The zero-order valence-corrected chi connectivity index (χ0v) is 17.3. The van der Waals surface area contributed by atoms with Gasteiger partial charge in [0, 0.05) is 12.6 Å². The molecule has 4 rings (SSSR count). The molecule has 8 nitrogen and oxygen atoms in total. The van der Waals surface area contributed by atoms with E-state index >= 15 is 0 Å². The number of hydrogen-bond donors (Lipinski definition) is 3. The predicted octanol–water partition coefficient (Wildman–Crippen LogP) is 3.90. The van der Waals surface area contributed by atoms with Crippen LogP contribution in [0.5, 0.6) is 0 Å². The van der Waals surface area contributed by atoms with Crippen molar-refractivity contribution in [2.24, 2.45) is 5.16 Å². The van der Waals surface area contributed by atoms with Gasteiger partial charge in [0.1, 0.15) is 29.1 Å². The van der Waals surface area contributed by atoms with Crippen molar-refractivity contribution < 1.29 is 27.2 Å². The largest absolute Gasteiger partial charge is 0.417 e. The Morgan fingerprint density at radius 2 is 2.06 bits per heavy atom. The maximum Gasteiger partial charge on any atom is 0.417 e. The zero-order chi connectivity index (χ0) is 23.1. The molecule has 32 heavy (non-hydrogen) atoms. The normalized spacial score (nSPS) is 23.1. The van der Waals surface area contributed by atoms with Crippen LogP contribution in [0.4, 0.5) is 33.9 Å². The van der Waals surface area contributed by atoms with Crippen LogP contribution in [0.25, 0.3) is 0 Å². The highest BCUT2D eigenvalue weighted by molar-refractivity contribution is 6.33. The van der Waals surface area contributed by atoms with Crippen molar-refractivity contribution in [2.45, 2.75) is 31.3 Å². The number of carbonyl (C=O) groups excluding carboxylic acids is 1. The molecule has 1 aromatic heterocycles. The highest BCUT2D eigenvalue weighted by Gasteiger charge is 2.46. The van der Waals surface area contributed by atoms with E-state index in [2.05, 4.69) is 26.2 Å². The quantitative estimate of drug-likeness (QED) is 0.574. The van der Waals surface area contributed by atoms with Crippen molar-refractivity contribution in [1.29, 1.82) is 0 Å². The second-order valence-corrected chi connectivity index (χ2v) is 7.79. The lowest BCUT2D eigenvalue weighted by Crippen LogP contribution is -2.55. The first-order valence-electron chi connectivity index (χ1n) is 9.40. The van der Waals surface area contributed by atoms with E-state index in [1.54, 1.807) is 6.92 Å². The van der Waals surface area contributed by atoms with Crippen LogP contribution >= 0.6 is 11.6 Å². The molecule has 1 fully saturated rings. The predicted molar refractivity (Wildman–Crippen MR) is 109 cm³/mol. The summed E-state index contributed by atoms with van der Waals surface area (Å²) in [6.07, 6.45) is -4.01. The number of amides is 2. The molecule has 0 bridgehead atoms. The van der Waals surface area contributed by atoms with E-state index in [1.807, 2.05) is 0 Å². The number of pyridine rings is 1. The fraction of sp³-hybridized carbons (Fsp3) is 0.316. The van der Waals surface area contributed by atoms with Gasteiger partial charge in [-0.2, -0.15) is 18.6 Å². The topological polar surface area (TPSA) is 90.9 Å². The number of carbonyl (C=O) groups is 1. The molecule has 1 aromatic carbocycles. The van der Waals surface area contributed by atoms with Crippen molar-refractivity contribution in [1.82, 2.24) is 15.7 Å². The van der Waals surface area contributed by atoms with Crippen LogP contribution in [0.3, 0.4) is 0 Å². The molecule has 3 N–H and O–H groups in total. The highest BCUT2D eigenvalue weighted by atomic mass is 35.5. The summed E-state index contributed by atoms with van der Waals surface area (Å²) in [6.45, 7) is 1.86. The van der Waals surface area contributed by atoms with E-state index in [-0.39, 0.29) is 17.4 Å². The van der Waals surface area contributed by atoms with Gasteiger partial charge in [0.25, 0.3) is 0 Å². The Balaban J connectivity index is 1.36. The van der Waals surface area contributed by atoms with Gasteiger partial charge in [-0.15, -0.1) is 0 Å². The first kappa shape index (κ1) is 22.1. The third-order valence-corrected chi connectivity index (χ3v) is 5.24. The molecule has 0 saturated carbocycles. The number of oxime groups is 1. The van der Waals surface area contributed by atoms with Gasteiger partial charge in [0.05, 0.1) is 22.8 Å². The summed E-state index contributed by atoms with van der Waals surface area (Å²) in [7, 11) is 0. The Hall–Kier alpha value is -3.12. The lowest BCUT2D eigenvalue weighted by molar-refractivity contribution is -0.137. The fourth-order valence-electron chi connectivity index (χ4n) is 3.25. The van der Waals surface area contributed by atoms with Gasteiger partial charge in [0.2, 0.25) is 0 Å². The van der Waals surface area contributed by atoms with Crippen molar-refractivity contribution in [3.63, 3.8) is 0 Å². The molecule has 2 aliphatic heterocycles. The number of nitrogens with zero attached hydrogens (tertiary/aromatic N) is 3. The summed E-state index contributed by atoms with van der Waals surface area (Å²) in [5.74, 6) is -0.347. The number of hydrogen-bond acceptors (Lipinski definition) is 6. The van der Waals surface area contributed by atoms with Gasteiger partial charge in [-0.05, 0) is 37.3 Å². The maximum absolute atomic E-state index is 13.2. The summed E-state index contributed by atoms with van der Waals surface area (Å²) in [6, 6.07) is 5.71. The van der Waals surface area contributed by atoms with Crippen molar-refractivity contribution >= 4 is 34.8 Å². The fourth-order valence-corrected chi connectivity index (χ4v) is 3.48. The average molecular weight is 473 g/mol. The van der Waals surface area contributed by atoms with Crippen molar-refractivity contribution in [2.75, 3.05) is 16.9 Å². The lowest BCUT2D eigenvalue weighted by atomic mass is 10.0. The van der Waals surface area contributed by atoms with Crippen molar-refractivity contribution in [3.05, 3.63) is 52.9 Å². The molecule has 170 valence electrons. The molecule has 1 saturated heterocycles. The van der Waals surface area contributed by atoms with Crippen molar-refractivity contribution in [3.8, 4) is 0 Å². The molecule has 0 spiro atoms. The molecule has 0 aliphatic carbocycles. The number of urea groups is 1. The Bertz CT molecular complexity index is 1060. The first-order valence-corrected chi connectivity index (χ1v) is 9.78. The minimum absolute atomic E-state index is 0.0812. The van der Waals surface area contributed by atoms with Crippen LogP contribution < -0.4 is 21.1 Å². The van der Waals surface area contributed by atoms with Gasteiger partial charge in [-0.1, -0.05) is 16.8 Å². The number of rotatable bonds is 5. The third-order valence-electron chi connectivity index (χ3n) is 4.96. The summed E-state index contributed by atoms with van der Waals surface area (Å²) < 4.78 is 51.3. The Morgan fingerprint density at radius 1 is 1.34 bits per heavy atom. The number of halogens is 5. The zero-order valence-electron chi connectivity index (χ0n) is 16.5. The first-order chi connectivity index (χ1) is 15.0. The van der Waals surface area contributed by atoms with E-state index < -0.39 is 35.4 Å². The molecule has 2 atom stereocenters. The minimum Gasteiger partial charge on any atom is -0.390 e. The van der Waals surface area contributed by atoms with Crippen LogP contribution in [0.1, 0.15) is 18.9 Å². The number of benzene rings is 1. The van der Waals surface area contributed by atoms with Gasteiger partial charge in [0.15, 0.2) is 0 Å². The molecular weight excluding hydrogens is 456 g/mol. The maximum atomic E-state index is 13.2. The Kier molecular flexibility index (Phi) is 5.59. The summed E-state index contributed by atoms with van der Waals surface area (Å²) in [5.41, 5.74) is 1.93. The molecule has 0 unspecified atom stereocenters. The molecular formula is C19H17ClF4N6O2. The van der Waals surface area contributed by atoms with E-state index in [0.29, 0.717) is 24.0 Å². The smallest absolute Gasteiger partial charge is 0.390 e. The Morgan fingerprint density at radius 3 is 2.72 bits per heavy atom. The number of nitrogens with one attached hydrogen (secondary N) is 3.